The highest BCUT2D eigenvalue weighted by Crippen LogP contribution is 2.56. The van der Waals surface area contributed by atoms with Crippen LogP contribution in [0.3, 0.4) is 0 Å². The maximum absolute atomic E-state index is 15.1. The van der Waals surface area contributed by atoms with E-state index in [1.54, 1.807) is 126 Å². The van der Waals surface area contributed by atoms with Gasteiger partial charge in [0.2, 0.25) is 0 Å². The molecule has 148 heavy (non-hydrogen) atoms. The molecule has 6 fully saturated rings. The largest absolute Gasteiger partial charge is 0.444 e. The van der Waals surface area contributed by atoms with Crippen LogP contribution in [-0.2, 0) is 81.7 Å². The number of rotatable bonds is 9. The molecule has 19 rings (SSSR count). The summed E-state index contributed by atoms with van der Waals surface area (Å²) in [5.41, 5.74) is 20.3. The van der Waals surface area contributed by atoms with Crippen molar-refractivity contribution in [3.63, 3.8) is 0 Å². The lowest BCUT2D eigenvalue weighted by atomic mass is 9.89. The molecule has 790 valence electrons. The van der Waals surface area contributed by atoms with E-state index in [1.165, 1.54) is 156 Å². The molecule has 0 saturated carbocycles. The molecular formula is C99H110Br3F6N19O15S6. The number of aliphatic imine (C=N–C) groups is 6. The molecule has 1 aromatic heterocycles. The van der Waals surface area contributed by atoms with Crippen LogP contribution in [0.15, 0.2) is 176 Å². The lowest BCUT2D eigenvalue weighted by Gasteiger charge is -2.35. The maximum atomic E-state index is 15.1. The number of ether oxygens (including phenoxy) is 10. The number of halogens is 9. The van der Waals surface area contributed by atoms with E-state index in [0.717, 1.165) is 50.6 Å². The van der Waals surface area contributed by atoms with E-state index < -0.39 is 104 Å². The number of aromatic nitrogens is 1. The number of thioether (sulfide) groups is 6. The summed E-state index contributed by atoms with van der Waals surface area (Å²) in [5, 5.41) is 27.9. The Kier molecular flexibility index (Phi) is 36.5. The molecule has 0 spiro atoms. The zero-order chi connectivity index (χ0) is 107. The number of hydrogen-bond acceptors (Lipinski definition) is 33. The van der Waals surface area contributed by atoms with Gasteiger partial charge in [0.1, 0.15) is 69.1 Å². The SMILES string of the molecule is CC(C)(C)OC(=O)NC1=N[C@@]2(c3cc(Br)ccc3F)OCC[C@H]2CS1.CC(C)(C)OC(=O)NC1=N[C@@]2(c3cc(N)ccc3F)OCC[C@H]2CS1.CC(C)(C)OC(=O)NC1=N[C@@]2(c3cc(N=[N+]=[N-])ccc3F)OCC[C@H]2CS1.CC(C)(C)OC(=O)NC1=N[C@@]2(c3cc(NC(=O)c4ccc(C#N)cn4)ccc3F)OCC[C@H]2CS1.NC1=N[C@@]2(c3cc(Br)ccc3F)OCC[C@H]2CS1.NC1=N[C@@]2(c3cc(Br)ccc3F)OCC[C@H]2CS1. The average Bonchev–Trinajstić information content (AvgIpc) is 0.913. The van der Waals surface area contributed by atoms with E-state index in [9.17, 15) is 45.9 Å². The first-order chi connectivity index (χ1) is 69.9. The zero-order valence-electron chi connectivity index (χ0n) is 82.4. The van der Waals surface area contributed by atoms with Gasteiger partial charge in [-0.3, -0.25) is 26.1 Å². The van der Waals surface area contributed by atoms with E-state index in [0.29, 0.717) is 141 Å². The molecule has 11 N–H and O–H groups in total. The highest BCUT2D eigenvalue weighted by atomic mass is 79.9. The zero-order valence-corrected chi connectivity index (χ0v) is 92.1. The van der Waals surface area contributed by atoms with Crippen LogP contribution in [0.5, 0.6) is 0 Å². The first-order valence-electron chi connectivity index (χ1n) is 46.9. The van der Waals surface area contributed by atoms with Crippen LogP contribution >= 0.6 is 118 Å². The highest BCUT2D eigenvalue weighted by Gasteiger charge is 2.57. The van der Waals surface area contributed by atoms with Crippen LogP contribution in [0.4, 0.5) is 62.6 Å². The lowest BCUT2D eigenvalue weighted by molar-refractivity contribution is -0.0176. The van der Waals surface area contributed by atoms with E-state index in [2.05, 4.69) is 119 Å². The molecule has 12 atom stereocenters. The maximum Gasteiger partial charge on any atom is 0.413 e. The number of alkyl carbamates (subject to hydrolysis) is 4. The van der Waals surface area contributed by atoms with Crippen LogP contribution < -0.4 is 43.8 Å². The summed E-state index contributed by atoms with van der Waals surface area (Å²) in [6.45, 7) is 24.2. The molecule has 6 saturated heterocycles. The summed E-state index contributed by atoms with van der Waals surface area (Å²) < 4.78 is 146. The third-order valence-corrected chi connectivity index (χ3v) is 31.7. The van der Waals surface area contributed by atoms with E-state index >= 15 is 4.39 Å². The first kappa shape index (κ1) is 114. The molecule has 0 bridgehead atoms. The smallest absolute Gasteiger partial charge is 0.413 e. The van der Waals surface area contributed by atoms with Gasteiger partial charge in [-0.15, -0.1) is 0 Å². The van der Waals surface area contributed by atoms with E-state index in [1.807, 2.05) is 6.07 Å². The van der Waals surface area contributed by atoms with Gasteiger partial charge in [-0.2, -0.15) is 5.26 Å². The highest BCUT2D eigenvalue weighted by molar-refractivity contribution is 9.11. The molecule has 49 heteroatoms. The van der Waals surface area contributed by atoms with Crippen LogP contribution in [-0.4, -0.2) is 163 Å². The van der Waals surface area contributed by atoms with Gasteiger partial charge < -0.3 is 69.9 Å². The Labute approximate surface area is 901 Å². The first-order valence-corrected chi connectivity index (χ1v) is 55.2. The van der Waals surface area contributed by atoms with Crippen molar-refractivity contribution in [2.45, 2.75) is 178 Å². The standard InChI is InChI=1S/C24H24FN5O4S.C17H20BrFN2O3S.C17H20FN5O3S.C17H22FN3O3S.2C12H12BrFN2OS/c1-23(2,3)34-22(32)29-21-30-24(15(13-35-21)8-9-33-24)17-10-16(5-6-18(17)25)28-20(31)19-7-4-14(11-26)12-27-19;1-16(2,3)24-15(22)20-14-21-17(10(9-25-14)6-7-23-17)12-8-11(18)4-5-13(12)19;1-16(2,3)26-15(24)20-14-21-17(10(9-27-14)6-7-25-17)12-8-11(22-23-19)4-5-13(12)18;1-16(2,3)24-15(22)20-14-21-17(10(9-25-14)6-7-23-17)12-8-11(19)4-5-13(12)18;2*13-8-1-2-10(14)9(5-8)12-7(3-4-17-12)6-18-11(15)16-12/h4-7,10,12,15H,8-9,13H2,1-3H3,(H,28,31)(H,29,30,32);4-5,8,10H,6-7,9H2,1-3H3,(H,20,21,22);4-5,8,10H,6-7,9H2,1-3H3,(H,20,21,24);4-5,8,10H,6-7,9,19H2,1-3H3,(H,20,21,22);2*1-2,5,7H,3-4,6H2,(H2,15,16)/t15-,24+;3*10-,17+;2*7-,12+/m000000/s1. The van der Waals surface area contributed by atoms with Crippen molar-refractivity contribution in [2.75, 3.05) is 85.2 Å². The number of azide groups is 1. The summed E-state index contributed by atoms with van der Waals surface area (Å²) in [6, 6.07) is 31.9. The van der Waals surface area contributed by atoms with Crippen LogP contribution in [0, 0.1) is 81.7 Å². The minimum Gasteiger partial charge on any atom is -0.444 e. The molecule has 12 aliphatic rings. The number of nitrogens with zero attached hydrogens (tertiary/aromatic N) is 11. The topological polar surface area (TPSA) is 475 Å². The predicted octanol–water partition coefficient (Wildman–Crippen LogP) is 22.1. The Balaban J connectivity index is 0.000000142. The van der Waals surface area contributed by atoms with Crippen molar-refractivity contribution in [1.82, 2.24) is 26.3 Å². The number of amidine groups is 6. The lowest BCUT2D eigenvalue weighted by Crippen LogP contribution is -2.42. The van der Waals surface area contributed by atoms with Crippen molar-refractivity contribution >= 4 is 197 Å². The number of pyridine rings is 1. The molecule has 7 aromatic rings. The van der Waals surface area contributed by atoms with Crippen molar-refractivity contribution in [3.05, 3.63) is 231 Å². The molecule has 13 heterocycles. The number of hydrogen-bond donors (Lipinski definition) is 8. The van der Waals surface area contributed by atoms with Gasteiger partial charge in [-0.05, 0) is 248 Å². The fourth-order valence-electron chi connectivity index (χ4n) is 17.8. The molecule has 0 aliphatic carbocycles. The number of nitrogens with one attached hydrogen (secondary N) is 5. The summed E-state index contributed by atoms with van der Waals surface area (Å²) in [7, 11) is 0. The van der Waals surface area contributed by atoms with Crippen molar-refractivity contribution in [2.24, 2.45) is 82.0 Å². The van der Waals surface area contributed by atoms with Gasteiger partial charge in [0, 0.05) is 145 Å². The molecule has 0 radical (unpaired) electrons. The average molecular weight is 2350 g/mol. The fraction of sp³-hybridized carbons (Fsp3) is 0.465. The number of anilines is 2. The van der Waals surface area contributed by atoms with Gasteiger partial charge in [0.25, 0.3) is 5.91 Å². The minimum atomic E-state index is -1.34. The van der Waals surface area contributed by atoms with E-state index in [-0.39, 0.29) is 80.6 Å². The van der Waals surface area contributed by atoms with Gasteiger partial charge >= 0.3 is 24.4 Å². The summed E-state index contributed by atoms with van der Waals surface area (Å²) in [6.07, 6.45) is 3.53. The fourth-order valence-corrected chi connectivity index (χ4v) is 25.3. The Morgan fingerprint density at radius 2 is 0.682 bits per heavy atom. The van der Waals surface area contributed by atoms with Gasteiger partial charge in [0.05, 0.1) is 45.2 Å². The normalized spacial score (nSPS) is 25.8. The Morgan fingerprint density at radius 1 is 0.399 bits per heavy atom. The Morgan fingerprint density at radius 3 is 0.986 bits per heavy atom. The number of fused-ring (bicyclic) bond motifs is 6. The second-order valence-electron chi connectivity index (χ2n) is 39.3. The predicted molar refractivity (Wildman–Crippen MR) is 571 cm³/mol. The summed E-state index contributed by atoms with van der Waals surface area (Å²) >= 11 is 18.7. The van der Waals surface area contributed by atoms with Crippen molar-refractivity contribution < 1.29 is 97.7 Å². The third kappa shape index (κ3) is 27.4. The second kappa shape index (κ2) is 47.6. The number of carbonyl (C=O) groups excluding carboxylic acids is 5. The van der Waals surface area contributed by atoms with Crippen LogP contribution in [0.1, 0.15) is 171 Å². The molecule has 12 aliphatic heterocycles. The Bertz CT molecular complexity index is 6260. The van der Waals surface area contributed by atoms with Crippen LogP contribution in [0.2, 0.25) is 0 Å². The summed E-state index contributed by atoms with van der Waals surface area (Å²) in [4.78, 5) is 94.9. The molecule has 0 unspecified atom stereocenters. The molecule has 5 amide bonds. The van der Waals surface area contributed by atoms with Crippen molar-refractivity contribution in [1.29, 1.82) is 5.26 Å². The minimum absolute atomic E-state index is 0.0120. The van der Waals surface area contributed by atoms with Crippen molar-refractivity contribution in [3.8, 4) is 6.07 Å². The summed E-state index contributed by atoms with van der Waals surface area (Å²) in [5.74, 6) is 1.40. The van der Waals surface area contributed by atoms with Crippen LogP contribution in [0.25, 0.3) is 10.4 Å². The number of nitrogens with two attached hydrogens (primary N) is 3. The number of amides is 5. The number of benzene rings is 6. The number of nitriles is 1. The second-order valence-corrected chi connectivity index (χ2v) is 48.1. The van der Waals surface area contributed by atoms with Gasteiger partial charge in [-0.1, -0.05) is 123 Å². The van der Waals surface area contributed by atoms with Gasteiger partial charge in [0.15, 0.2) is 65.4 Å². The third-order valence-electron chi connectivity index (χ3n) is 24.2. The monoisotopic (exact) mass is 2350 g/mol. The molecule has 34 nitrogen and oxygen atoms in total. The van der Waals surface area contributed by atoms with E-state index in [4.69, 9.17) is 75.4 Å². The van der Waals surface area contributed by atoms with Gasteiger partial charge in [-0.25, -0.2) is 80.5 Å². The molecule has 6 aromatic carbocycles. The number of carbonyl (C=O) groups is 5. The number of nitrogen functional groups attached to an aromatic ring is 1. The Hall–Kier alpha value is -9.88. The molecular weight excluding hydrogens is 2240 g/mol. The quantitative estimate of drug-likeness (QED) is 0.0166.